The minimum absolute atomic E-state index is 0.0667. The van der Waals surface area contributed by atoms with E-state index in [1.54, 1.807) is 0 Å². The Hall–Kier alpha value is -2.89. The first kappa shape index (κ1) is 75.1. The number of hydrogen-bond acceptors (Lipinski definition) is 6. The van der Waals surface area contributed by atoms with Crippen molar-refractivity contribution in [2.45, 2.75) is 367 Å². The van der Waals surface area contributed by atoms with E-state index in [-0.39, 0.29) is 31.1 Å². The van der Waals surface area contributed by atoms with Crippen molar-refractivity contribution in [3.63, 3.8) is 0 Å². The van der Waals surface area contributed by atoms with Crippen LogP contribution in [0.2, 0.25) is 0 Å². The van der Waals surface area contributed by atoms with Gasteiger partial charge in [0.05, 0.1) is 0 Å². The second-order valence-corrected chi connectivity index (χ2v) is 23.1. The van der Waals surface area contributed by atoms with Crippen molar-refractivity contribution in [1.82, 2.24) is 0 Å². The first-order valence-electron chi connectivity index (χ1n) is 34.3. The third kappa shape index (κ3) is 63.9. The average Bonchev–Trinajstić information content (AvgIpc) is 3.44. The van der Waals surface area contributed by atoms with Crippen LogP contribution in [0.5, 0.6) is 0 Å². The second kappa shape index (κ2) is 66.6. The van der Waals surface area contributed by atoms with Gasteiger partial charge in [0.2, 0.25) is 0 Å². The van der Waals surface area contributed by atoms with E-state index in [2.05, 4.69) is 81.5 Å². The SMILES string of the molecule is CC/C=C\C/C=C\C/C=C\C/C=C\C/C=C\CCCCCCCCCCCCCCCCCCCC(=O)OCC(COC(=O)CCCCCCCCCCC)OC(=O)CCCCCCCCCCCCCCCCCCCC. The third-order valence-corrected chi connectivity index (χ3v) is 15.3. The predicted octanol–water partition coefficient (Wildman–Crippen LogP) is 23.5. The van der Waals surface area contributed by atoms with Crippen LogP contribution in [0.1, 0.15) is 361 Å². The molecule has 1 atom stereocenters. The molecule has 0 aliphatic carbocycles. The normalized spacial score (nSPS) is 12.4. The molecule has 0 amide bonds. The Morgan fingerprint density at radius 2 is 0.500 bits per heavy atom. The molecule has 0 rings (SSSR count). The molecule has 78 heavy (non-hydrogen) atoms. The minimum atomic E-state index is -0.768. The Morgan fingerprint density at radius 1 is 0.269 bits per heavy atom. The van der Waals surface area contributed by atoms with Gasteiger partial charge < -0.3 is 14.2 Å². The third-order valence-electron chi connectivity index (χ3n) is 15.3. The maximum atomic E-state index is 12.9. The van der Waals surface area contributed by atoms with Gasteiger partial charge >= 0.3 is 17.9 Å². The van der Waals surface area contributed by atoms with E-state index in [0.717, 1.165) is 89.9 Å². The molecule has 0 spiro atoms. The monoisotopic (exact) mass is 1090 g/mol. The van der Waals surface area contributed by atoms with Crippen molar-refractivity contribution in [2.24, 2.45) is 0 Å². The van der Waals surface area contributed by atoms with Gasteiger partial charge in [-0.25, -0.2) is 0 Å². The van der Waals surface area contributed by atoms with Gasteiger partial charge in [0.25, 0.3) is 0 Å². The molecule has 6 heteroatoms. The summed E-state index contributed by atoms with van der Waals surface area (Å²) in [6.45, 7) is 6.56. The van der Waals surface area contributed by atoms with Crippen LogP contribution in [0.25, 0.3) is 0 Å². The Labute approximate surface area is 485 Å². The van der Waals surface area contributed by atoms with Crippen LogP contribution < -0.4 is 0 Å². The number of esters is 3. The fraction of sp³-hybridized carbons (Fsp3) is 0.819. The molecular weight excluding hydrogens is 961 g/mol. The van der Waals surface area contributed by atoms with Gasteiger partial charge in [0.1, 0.15) is 13.2 Å². The van der Waals surface area contributed by atoms with Gasteiger partial charge in [-0.3, -0.25) is 14.4 Å². The highest BCUT2D eigenvalue weighted by Crippen LogP contribution is 2.18. The van der Waals surface area contributed by atoms with Crippen LogP contribution in [-0.4, -0.2) is 37.2 Å². The van der Waals surface area contributed by atoms with Crippen molar-refractivity contribution in [1.29, 1.82) is 0 Å². The molecule has 6 nitrogen and oxygen atoms in total. The lowest BCUT2D eigenvalue weighted by atomic mass is 10.0. The molecule has 0 aliphatic heterocycles. The lowest BCUT2D eigenvalue weighted by Crippen LogP contribution is -2.30. The molecule has 0 saturated carbocycles. The molecule has 0 heterocycles. The van der Waals surface area contributed by atoms with Crippen molar-refractivity contribution < 1.29 is 28.6 Å². The van der Waals surface area contributed by atoms with E-state index < -0.39 is 6.10 Å². The zero-order valence-corrected chi connectivity index (χ0v) is 52.2. The molecule has 0 aromatic rings. The minimum Gasteiger partial charge on any atom is -0.462 e. The molecule has 0 aliphatic rings. The summed E-state index contributed by atoms with van der Waals surface area (Å²) >= 11 is 0. The van der Waals surface area contributed by atoms with E-state index in [9.17, 15) is 14.4 Å². The molecule has 0 aromatic carbocycles. The van der Waals surface area contributed by atoms with Crippen molar-refractivity contribution >= 4 is 17.9 Å². The highest BCUT2D eigenvalue weighted by atomic mass is 16.6. The molecule has 0 aromatic heterocycles. The fourth-order valence-electron chi connectivity index (χ4n) is 10.2. The van der Waals surface area contributed by atoms with Crippen LogP contribution in [0.15, 0.2) is 60.8 Å². The number of ether oxygens (including phenoxy) is 3. The summed E-state index contributed by atoms with van der Waals surface area (Å²) in [7, 11) is 0. The number of carbonyl (C=O) groups is 3. The first-order chi connectivity index (χ1) is 38.5. The fourth-order valence-corrected chi connectivity index (χ4v) is 10.2. The molecule has 0 N–H and O–H groups in total. The van der Waals surface area contributed by atoms with Crippen molar-refractivity contribution in [2.75, 3.05) is 13.2 Å². The topological polar surface area (TPSA) is 78.9 Å². The molecule has 1 unspecified atom stereocenters. The summed E-state index contributed by atoms with van der Waals surface area (Å²) in [5.74, 6) is -0.845. The first-order valence-corrected chi connectivity index (χ1v) is 34.3. The van der Waals surface area contributed by atoms with E-state index in [0.29, 0.717) is 19.3 Å². The number of hydrogen-bond donors (Lipinski definition) is 0. The summed E-state index contributed by atoms with van der Waals surface area (Å²) < 4.78 is 16.9. The van der Waals surface area contributed by atoms with E-state index in [1.165, 1.54) is 231 Å². The highest BCUT2D eigenvalue weighted by Gasteiger charge is 2.19. The smallest absolute Gasteiger partial charge is 0.306 e. The van der Waals surface area contributed by atoms with Gasteiger partial charge in [-0.05, 0) is 64.2 Å². The molecule has 454 valence electrons. The lowest BCUT2D eigenvalue weighted by Gasteiger charge is -2.18. The van der Waals surface area contributed by atoms with E-state index in [4.69, 9.17) is 14.2 Å². The Kier molecular flexibility index (Phi) is 64.2. The van der Waals surface area contributed by atoms with Crippen molar-refractivity contribution in [3.05, 3.63) is 60.8 Å². The maximum absolute atomic E-state index is 12.9. The number of rotatable bonds is 63. The molecular formula is C72H130O6. The number of allylic oxidation sites excluding steroid dienone is 10. The van der Waals surface area contributed by atoms with E-state index >= 15 is 0 Å². The quantitative estimate of drug-likeness (QED) is 0.0261. The Bertz CT molecular complexity index is 1390. The summed E-state index contributed by atoms with van der Waals surface area (Å²) in [6.07, 6.45) is 85.5. The largest absolute Gasteiger partial charge is 0.462 e. The average molecular weight is 1090 g/mol. The van der Waals surface area contributed by atoms with Gasteiger partial charge in [-0.1, -0.05) is 338 Å². The van der Waals surface area contributed by atoms with Crippen LogP contribution in [0.3, 0.4) is 0 Å². The maximum Gasteiger partial charge on any atom is 0.306 e. The summed E-state index contributed by atoms with van der Waals surface area (Å²) in [4.78, 5) is 38.2. The zero-order chi connectivity index (χ0) is 56.4. The molecule has 0 bridgehead atoms. The standard InChI is InChI=1S/C72H130O6/c1-4-7-10-13-16-19-21-23-25-27-29-30-31-32-33-34-35-36-37-38-39-40-41-42-43-45-46-48-50-53-56-59-62-65-71(74)77-68-69(67-76-70(73)64-61-58-55-52-18-15-12-9-6-3)78-72(75)66-63-60-57-54-51-49-47-44-28-26-24-22-20-17-14-11-8-5-2/h7,10,16,19,23,25,29-30,32-33,69H,4-6,8-9,11-15,17-18,20-22,24,26-28,31,34-68H2,1-3H3/b10-7-,19-16-,25-23-,30-29-,33-32-. The van der Waals surface area contributed by atoms with Crippen molar-refractivity contribution in [3.8, 4) is 0 Å². The Morgan fingerprint density at radius 3 is 0.782 bits per heavy atom. The van der Waals surface area contributed by atoms with E-state index in [1.807, 2.05) is 0 Å². The van der Waals surface area contributed by atoms with Gasteiger partial charge in [0, 0.05) is 19.3 Å². The predicted molar refractivity (Wildman–Crippen MR) is 339 cm³/mol. The van der Waals surface area contributed by atoms with Crippen LogP contribution in [-0.2, 0) is 28.6 Å². The lowest BCUT2D eigenvalue weighted by molar-refractivity contribution is -0.167. The number of unbranched alkanes of at least 4 members (excludes halogenated alkanes) is 42. The van der Waals surface area contributed by atoms with Crippen LogP contribution in [0, 0.1) is 0 Å². The highest BCUT2D eigenvalue weighted by molar-refractivity contribution is 5.71. The van der Waals surface area contributed by atoms with Crippen LogP contribution in [0.4, 0.5) is 0 Å². The number of carbonyl (C=O) groups excluding carboxylic acids is 3. The molecule has 0 radical (unpaired) electrons. The second-order valence-electron chi connectivity index (χ2n) is 23.1. The van der Waals surface area contributed by atoms with Gasteiger partial charge in [-0.15, -0.1) is 0 Å². The molecule has 0 fully saturated rings. The molecule has 0 saturated heterocycles. The van der Waals surface area contributed by atoms with Gasteiger partial charge in [-0.2, -0.15) is 0 Å². The van der Waals surface area contributed by atoms with Crippen LogP contribution >= 0.6 is 0 Å². The summed E-state index contributed by atoms with van der Waals surface area (Å²) in [5.41, 5.74) is 0. The summed E-state index contributed by atoms with van der Waals surface area (Å²) in [6, 6.07) is 0. The summed E-state index contributed by atoms with van der Waals surface area (Å²) in [5, 5.41) is 0. The zero-order valence-electron chi connectivity index (χ0n) is 52.2. The Balaban J connectivity index is 4.06. The van der Waals surface area contributed by atoms with Gasteiger partial charge in [0.15, 0.2) is 6.10 Å².